The van der Waals surface area contributed by atoms with Gasteiger partial charge >= 0.3 is 0 Å². The number of fused-ring (bicyclic) bond motifs is 1. The Labute approximate surface area is 119 Å². The lowest BCUT2D eigenvalue weighted by atomic mass is 10.1. The number of amides is 1. The molecule has 1 heterocycles. The van der Waals surface area contributed by atoms with Gasteiger partial charge in [0.1, 0.15) is 6.61 Å². The van der Waals surface area contributed by atoms with Crippen LogP contribution in [0.4, 0.5) is 0 Å². The van der Waals surface area contributed by atoms with Gasteiger partial charge in [-0.2, -0.15) is 0 Å². The quantitative estimate of drug-likeness (QED) is 0.866. The summed E-state index contributed by atoms with van der Waals surface area (Å²) in [6, 6.07) is 15.5. The molecule has 4 heteroatoms. The van der Waals surface area contributed by atoms with E-state index in [0.29, 0.717) is 18.7 Å². The lowest BCUT2D eigenvalue weighted by Gasteiger charge is -2.15. The lowest BCUT2D eigenvalue weighted by molar-refractivity contribution is -0.134. The van der Waals surface area contributed by atoms with E-state index < -0.39 is 0 Å². The highest BCUT2D eigenvalue weighted by molar-refractivity contribution is 9.10. The van der Waals surface area contributed by atoms with Crippen LogP contribution in [0.5, 0.6) is 0 Å². The van der Waals surface area contributed by atoms with E-state index in [1.165, 1.54) is 5.06 Å². The number of hydrogen-bond acceptors (Lipinski definition) is 2. The van der Waals surface area contributed by atoms with Crippen LogP contribution < -0.4 is 0 Å². The van der Waals surface area contributed by atoms with Gasteiger partial charge in [0.05, 0.1) is 6.54 Å². The maximum absolute atomic E-state index is 12.2. The van der Waals surface area contributed by atoms with E-state index in [0.717, 1.165) is 15.6 Å². The van der Waals surface area contributed by atoms with Crippen LogP contribution in [0.25, 0.3) is 0 Å². The Morgan fingerprint density at radius 3 is 2.74 bits per heavy atom. The maximum atomic E-state index is 12.2. The summed E-state index contributed by atoms with van der Waals surface area (Å²) in [5, 5.41) is 1.42. The topological polar surface area (TPSA) is 29.5 Å². The fraction of sp³-hybridized carbons (Fsp3) is 0.133. The molecule has 0 spiro atoms. The summed E-state index contributed by atoms with van der Waals surface area (Å²) >= 11 is 3.38. The van der Waals surface area contributed by atoms with Crippen molar-refractivity contribution in [3.05, 3.63) is 69.7 Å². The molecular formula is C15H12BrNO2. The number of halogens is 1. The molecule has 0 atom stereocenters. The molecule has 0 radical (unpaired) electrons. The average molecular weight is 318 g/mol. The molecule has 0 aromatic heterocycles. The zero-order chi connectivity index (χ0) is 13.2. The van der Waals surface area contributed by atoms with Crippen LogP contribution in [-0.2, 0) is 18.0 Å². The fourth-order valence-electron chi connectivity index (χ4n) is 2.08. The summed E-state index contributed by atoms with van der Waals surface area (Å²) in [6.07, 6.45) is 0. The summed E-state index contributed by atoms with van der Waals surface area (Å²) in [5.74, 6) is -0.0766. The molecule has 2 aromatic rings. The first-order valence-electron chi connectivity index (χ1n) is 6.01. The summed E-state index contributed by atoms with van der Waals surface area (Å²) in [7, 11) is 0. The van der Waals surface area contributed by atoms with Gasteiger partial charge in [-0.05, 0) is 23.3 Å². The summed E-state index contributed by atoms with van der Waals surface area (Å²) in [6.45, 7) is 0.913. The predicted molar refractivity (Wildman–Crippen MR) is 75.2 cm³/mol. The minimum Gasteiger partial charge on any atom is -0.267 e. The van der Waals surface area contributed by atoms with E-state index >= 15 is 0 Å². The average Bonchev–Trinajstić information content (AvgIpc) is 2.74. The van der Waals surface area contributed by atoms with Crippen LogP contribution in [0.15, 0.2) is 53.0 Å². The minimum absolute atomic E-state index is 0.0766. The standard InChI is InChI=1S/C15H12BrNO2/c16-13-7-6-12-9-17(15(18)14(12)8-13)19-10-11-4-2-1-3-5-11/h1-8H,9-10H2. The molecule has 0 saturated carbocycles. The third-order valence-corrected chi connectivity index (χ3v) is 3.57. The van der Waals surface area contributed by atoms with Crippen LogP contribution in [0.3, 0.4) is 0 Å². The van der Waals surface area contributed by atoms with Crippen molar-refractivity contribution >= 4 is 21.8 Å². The van der Waals surface area contributed by atoms with Crippen LogP contribution >= 0.6 is 15.9 Å². The van der Waals surface area contributed by atoms with Crippen molar-refractivity contribution in [1.29, 1.82) is 0 Å². The third-order valence-electron chi connectivity index (χ3n) is 3.07. The van der Waals surface area contributed by atoms with Gasteiger partial charge in [0, 0.05) is 10.0 Å². The van der Waals surface area contributed by atoms with E-state index in [9.17, 15) is 4.79 Å². The van der Waals surface area contributed by atoms with Crippen molar-refractivity contribution in [2.45, 2.75) is 13.2 Å². The van der Waals surface area contributed by atoms with Crippen molar-refractivity contribution in [1.82, 2.24) is 5.06 Å². The van der Waals surface area contributed by atoms with E-state index in [2.05, 4.69) is 15.9 Å². The van der Waals surface area contributed by atoms with Crippen LogP contribution in [0.1, 0.15) is 21.5 Å². The second-order valence-electron chi connectivity index (χ2n) is 4.40. The van der Waals surface area contributed by atoms with Gasteiger partial charge in [-0.1, -0.05) is 52.3 Å². The van der Waals surface area contributed by atoms with Crippen LogP contribution in [-0.4, -0.2) is 11.0 Å². The second-order valence-corrected chi connectivity index (χ2v) is 5.32. The first kappa shape index (κ1) is 12.4. The van der Waals surface area contributed by atoms with E-state index in [-0.39, 0.29) is 5.91 Å². The highest BCUT2D eigenvalue weighted by Gasteiger charge is 2.28. The predicted octanol–water partition coefficient (Wildman–Crippen LogP) is 3.54. The number of hydrogen-bond donors (Lipinski definition) is 0. The zero-order valence-electron chi connectivity index (χ0n) is 10.2. The second kappa shape index (κ2) is 5.15. The largest absolute Gasteiger partial charge is 0.278 e. The molecule has 0 saturated heterocycles. The highest BCUT2D eigenvalue weighted by Crippen LogP contribution is 2.26. The molecule has 0 aliphatic carbocycles. The maximum Gasteiger partial charge on any atom is 0.278 e. The molecule has 96 valence electrons. The molecule has 0 bridgehead atoms. The molecule has 19 heavy (non-hydrogen) atoms. The van der Waals surface area contributed by atoms with Crippen molar-refractivity contribution < 1.29 is 9.63 Å². The van der Waals surface area contributed by atoms with Gasteiger partial charge < -0.3 is 0 Å². The van der Waals surface area contributed by atoms with E-state index in [1.54, 1.807) is 0 Å². The van der Waals surface area contributed by atoms with Gasteiger partial charge in [0.25, 0.3) is 5.91 Å². The Balaban J connectivity index is 1.71. The van der Waals surface area contributed by atoms with Crippen molar-refractivity contribution in [3.8, 4) is 0 Å². The van der Waals surface area contributed by atoms with Crippen molar-refractivity contribution in [2.24, 2.45) is 0 Å². The van der Waals surface area contributed by atoms with Gasteiger partial charge in [-0.3, -0.25) is 9.63 Å². The molecule has 1 aliphatic rings. The normalized spacial score (nSPS) is 13.7. The van der Waals surface area contributed by atoms with Gasteiger partial charge in [0.15, 0.2) is 0 Å². The Hall–Kier alpha value is -1.65. The molecule has 0 N–H and O–H groups in total. The fourth-order valence-corrected chi connectivity index (χ4v) is 2.44. The smallest absolute Gasteiger partial charge is 0.267 e. The van der Waals surface area contributed by atoms with Gasteiger partial charge in [-0.25, -0.2) is 5.06 Å². The molecule has 3 rings (SSSR count). The molecule has 3 nitrogen and oxygen atoms in total. The SMILES string of the molecule is O=C1c2cc(Br)ccc2CN1OCc1ccccc1. The summed E-state index contributed by atoms with van der Waals surface area (Å²) in [4.78, 5) is 17.7. The third kappa shape index (κ3) is 2.55. The number of hydroxylamine groups is 2. The Bertz CT molecular complexity index is 613. The van der Waals surface area contributed by atoms with Crippen LogP contribution in [0.2, 0.25) is 0 Å². The van der Waals surface area contributed by atoms with Gasteiger partial charge in [0.2, 0.25) is 0 Å². The molecule has 1 aliphatic heterocycles. The highest BCUT2D eigenvalue weighted by atomic mass is 79.9. The lowest BCUT2D eigenvalue weighted by Crippen LogP contribution is -2.24. The number of carbonyl (C=O) groups is 1. The Morgan fingerprint density at radius 2 is 1.95 bits per heavy atom. The van der Waals surface area contributed by atoms with Crippen LogP contribution in [0, 0.1) is 0 Å². The molecule has 0 fully saturated rings. The minimum atomic E-state index is -0.0766. The molecule has 1 amide bonds. The number of nitrogens with zero attached hydrogens (tertiary/aromatic N) is 1. The molecular weight excluding hydrogens is 306 g/mol. The summed E-state index contributed by atoms with van der Waals surface area (Å²) in [5.41, 5.74) is 2.76. The zero-order valence-corrected chi connectivity index (χ0v) is 11.8. The van der Waals surface area contributed by atoms with Gasteiger partial charge in [-0.15, -0.1) is 0 Å². The number of benzene rings is 2. The Kier molecular flexibility index (Phi) is 3.36. The Morgan fingerprint density at radius 1 is 1.16 bits per heavy atom. The molecule has 2 aromatic carbocycles. The molecule has 0 unspecified atom stereocenters. The number of carbonyl (C=O) groups excluding carboxylic acids is 1. The van der Waals surface area contributed by atoms with Crippen molar-refractivity contribution in [3.63, 3.8) is 0 Å². The first-order valence-corrected chi connectivity index (χ1v) is 6.80. The van der Waals surface area contributed by atoms with E-state index in [4.69, 9.17) is 4.84 Å². The monoisotopic (exact) mass is 317 g/mol. The van der Waals surface area contributed by atoms with Crippen molar-refractivity contribution in [2.75, 3.05) is 0 Å². The first-order chi connectivity index (χ1) is 9.24. The number of rotatable bonds is 3. The van der Waals surface area contributed by atoms with E-state index in [1.807, 2.05) is 48.5 Å². The summed E-state index contributed by atoms with van der Waals surface area (Å²) < 4.78 is 0.907.